The third kappa shape index (κ3) is 5.98. The van der Waals surface area contributed by atoms with Crippen LogP contribution in [0.25, 0.3) is 0 Å². The molecule has 148 valence electrons. The molecule has 0 aliphatic rings. The summed E-state index contributed by atoms with van der Waals surface area (Å²) in [5.41, 5.74) is 3.64. The molecule has 27 heavy (non-hydrogen) atoms. The molecule has 0 saturated heterocycles. The number of hydrogen-bond donors (Lipinski definition) is 2. The van der Waals surface area contributed by atoms with Crippen LogP contribution in [0.3, 0.4) is 0 Å². The molecule has 7 nitrogen and oxygen atoms in total. The molecule has 0 amide bonds. The number of aliphatic imine (C=N–C) groups is 1. The van der Waals surface area contributed by atoms with Gasteiger partial charge in [0.2, 0.25) is 5.56 Å². The first-order valence-corrected chi connectivity index (χ1v) is 9.54. The van der Waals surface area contributed by atoms with E-state index in [4.69, 9.17) is 0 Å². The summed E-state index contributed by atoms with van der Waals surface area (Å²) in [5.74, 6) is 0.804. The molecule has 2 N–H and O–H groups in total. The summed E-state index contributed by atoms with van der Waals surface area (Å²) < 4.78 is 3.68. The number of guanidine groups is 1. The summed E-state index contributed by atoms with van der Waals surface area (Å²) in [6.07, 6.45) is 4.65. The third-order valence-corrected chi connectivity index (χ3v) is 4.79. The monoisotopic (exact) mass is 372 g/mol. The Morgan fingerprint density at radius 2 is 2.07 bits per heavy atom. The van der Waals surface area contributed by atoms with E-state index in [0.29, 0.717) is 0 Å². The Balaban J connectivity index is 1.73. The highest BCUT2D eigenvalue weighted by Crippen LogP contribution is 2.14. The molecule has 0 aromatic carbocycles. The molecule has 0 fully saturated rings. The van der Waals surface area contributed by atoms with Gasteiger partial charge in [-0.15, -0.1) is 0 Å². The minimum Gasteiger partial charge on any atom is -0.356 e. The molecular weight excluding hydrogens is 340 g/mol. The highest BCUT2D eigenvalue weighted by Gasteiger charge is 2.13. The SMILES string of the molecule is CN=C(NCCCCn1ccccc1=O)NC(C)Cc1c(C)nn(C)c1C. The maximum atomic E-state index is 11.7. The quantitative estimate of drug-likeness (QED) is 0.421. The average Bonchev–Trinajstić information content (AvgIpc) is 2.88. The highest BCUT2D eigenvalue weighted by molar-refractivity contribution is 5.79. The van der Waals surface area contributed by atoms with Crippen LogP contribution in [-0.4, -0.2) is 39.9 Å². The van der Waals surface area contributed by atoms with Gasteiger partial charge in [-0.1, -0.05) is 6.07 Å². The zero-order valence-electron chi connectivity index (χ0n) is 17.1. The normalized spacial score (nSPS) is 12.9. The Bertz CT molecular complexity index is 820. The topological polar surface area (TPSA) is 76.2 Å². The summed E-state index contributed by atoms with van der Waals surface area (Å²) in [5, 5.41) is 11.3. The van der Waals surface area contributed by atoms with E-state index in [1.165, 1.54) is 11.3 Å². The first-order valence-electron chi connectivity index (χ1n) is 9.54. The lowest BCUT2D eigenvalue weighted by Crippen LogP contribution is -2.43. The molecule has 2 aromatic heterocycles. The predicted octanol–water partition coefficient (Wildman–Crippen LogP) is 1.78. The van der Waals surface area contributed by atoms with Crippen LogP contribution in [0.5, 0.6) is 0 Å². The van der Waals surface area contributed by atoms with Gasteiger partial charge in [0.05, 0.1) is 5.69 Å². The maximum Gasteiger partial charge on any atom is 0.250 e. The molecule has 2 aromatic rings. The average molecular weight is 373 g/mol. The minimum absolute atomic E-state index is 0.0535. The van der Waals surface area contributed by atoms with Crippen molar-refractivity contribution in [3.63, 3.8) is 0 Å². The van der Waals surface area contributed by atoms with Crippen molar-refractivity contribution >= 4 is 5.96 Å². The van der Waals surface area contributed by atoms with E-state index in [2.05, 4.69) is 41.5 Å². The van der Waals surface area contributed by atoms with E-state index in [1.54, 1.807) is 23.7 Å². The van der Waals surface area contributed by atoms with E-state index in [-0.39, 0.29) is 11.6 Å². The summed E-state index contributed by atoms with van der Waals surface area (Å²) in [6.45, 7) is 7.87. The summed E-state index contributed by atoms with van der Waals surface area (Å²) in [6, 6.07) is 5.50. The Kier molecular flexibility index (Phi) is 7.64. The molecule has 0 radical (unpaired) electrons. The van der Waals surface area contributed by atoms with E-state index < -0.39 is 0 Å². The van der Waals surface area contributed by atoms with Crippen molar-refractivity contribution in [2.45, 2.75) is 52.6 Å². The van der Waals surface area contributed by atoms with Crippen molar-refractivity contribution in [2.24, 2.45) is 12.0 Å². The van der Waals surface area contributed by atoms with Crippen LogP contribution >= 0.6 is 0 Å². The molecule has 0 bridgehead atoms. The second-order valence-electron chi connectivity index (χ2n) is 6.96. The van der Waals surface area contributed by atoms with Crippen LogP contribution < -0.4 is 16.2 Å². The molecular formula is C20H32N6O. The van der Waals surface area contributed by atoms with Crippen molar-refractivity contribution in [2.75, 3.05) is 13.6 Å². The lowest BCUT2D eigenvalue weighted by atomic mass is 10.1. The number of unbranched alkanes of at least 4 members (excludes halogenated alkanes) is 1. The lowest BCUT2D eigenvalue weighted by Gasteiger charge is -2.18. The third-order valence-electron chi connectivity index (χ3n) is 4.79. The zero-order valence-corrected chi connectivity index (χ0v) is 17.1. The fourth-order valence-electron chi connectivity index (χ4n) is 3.16. The second-order valence-corrected chi connectivity index (χ2v) is 6.96. The van der Waals surface area contributed by atoms with Gasteiger partial charge >= 0.3 is 0 Å². The first kappa shape index (κ1) is 20.7. The van der Waals surface area contributed by atoms with E-state index in [9.17, 15) is 4.79 Å². The van der Waals surface area contributed by atoms with Crippen LogP contribution in [0.4, 0.5) is 0 Å². The molecule has 1 unspecified atom stereocenters. The fraction of sp³-hybridized carbons (Fsp3) is 0.550. The fourth-order valence-corrected chi connectivity index (χ4v) is 3.16. The van der Waals surface area contributed by atoms with Gasteiger partial charge in [-0.05, 0) is 51.7 Å². The summed E-state index contributed by atoms with van der Waals surface area (Å²) in [7, 11) is 3.76. The highest BCUT2D eigenvalue weighted by atomic mass is 16.1. The van der Waals surface area contributed by atoms with Crippen molar-refractivity contribution in [1.82, 2.24) is 25.0 Å². The van der Waals surface area contributed by atoms with E-state index >= 15 is 0 Å². The van der Waals surface area contributed by atoms with Crippen molar-refractivity contribution in [1.29, 1.82) is 0 Å². The van der Waals surface area contributed by atoms with Gasteiger partial charge in [-0.2, -0.15) is 5.10 Å². The maximum absolute atomic E-state index is 11.7. The minimum atomic E-state index is 0.0535. The van der Waals surface area contributed by atoms with Gasteiger partial charge < -0.3 is 15.2 Å². The summed E-state index contributed by atoms with van der Waals surface area (Å²) in [4.78, 5) is 16.0. The van der Waals surface area contributed by atoms with Crippen LogP contribution in [-0.2, 0) is 20.0 Å². The molecule has 1 atom stereocenters. The van der Waals surface area contributed by atoms with Crippen molar-refractivity contribution in [3.8, 4) is 0 Å². The number of aryl methyl sites for hydroxylation is 3. The van der Waals surface area contributed by atoms with Gasteiger partial charge in [-0.25, -0.2) is 0 Å². The first-order chi connectivity index (χ1) is 12.9. The molecule has 0 spiro atoms. The van der Waals surface area contributed by atoms with Crippen LogP contribution in [0.15, 0.2) is 34.2 Å². The van der Waals surface area contributed by atoms with Crippen LogP contribution in [0.2, 0.25) is 0 Å². The Labute approximate surface area is 161 Å². The molecule has 0 saturated carbocycles. The summed E-state index contributed by atoms with van der Waals surface area (Å²) >= 11 is 0. The van der Waals surface area contributed by atoms with Crippen molar-refractivity contribution < 1.29 is 0 Å². The smallest absolute Gasteiger partial charge is 0.250 e. The number of hydrogen-bond acceptors (Lipinski definition) is 3. The van der Waals surface area contributed by atoms with E-state index in [1.807, 2.05) is 24.0 Å². The van der Waals surface area contributed by atoms with Gasteiger partial charge in [0.15, 0.2) is 5.96 Å². The molecule has 0 aliphatic heterocycles. The molecule has 2 heterocycles. The molecule has 0 aliphatic carbocycles. The predicted molar refractivity (Wildman–Crippen MR) is 110 cm³/mol. The van der Waals surface area contributed by atoms with Gasteiger partial charge in [0.25, 0.3) is 0 Å². The number of nitrogens with zero attached hydrogens (tertiary/aromatic N) is 4. The number of aromatic nitrogens is 3. The lowest BCUT2D eigenvalue weighted by molar-refractivity contribution is 0.579. The van der Waals surface area contributed by atoms with Gasteiger partial charge in [0.1, 0.15) is 0 Å². The number of nitrogens with one attached hydrogen (secondary N) is 2. The van der Waals surface area contributed by atoms with Crippen LogP contribution in [0, 0.1) is 13.8 Å². The van der Waals surface area contributed by atoms with Crippen molar-refractivity contribution in [3.05, 3.63) is 51.7 Å². The molecule has 7 heteroatoms. The second kappa shape index (κ2) is 9.94. The largest absolute Gasteiger partial charge is 0.356 e. The molecule has 2 rings (SSSR count). The van der Waals surface area contributed by atoms with Crippen LogP contribution in [0.1, 0.15) is 36.7 Å². The Hall–Kier alpha value is -2.57. The zero-order chi connectivity index (χ0) is 19.8. The van der Waals surface area contributed by atoms with Gasteiger partial charge in [0, 0.05) is 51.2 Å². The number of pyridine rings is 1. The Morgan fingerprint density at radius 3 is 2.70 bits per heavy atom. The Morgan fingerprint density at radius 1 is 1.30 bits per heavy atom. The van der Waals surface area contributed by atoms with Gasteiger partial charge in [-0.3, -0.25) is 14.5 Å². The number of rotatable bonds is 8. The standard InChI is InChI=1S/C20H32N6O/c1-15(14-18-16(2)24-25(5)17(18)3)23-20(21-4)22-11-7-9-13-26-12-8-6-10-19(26)27/h6,8,10,12,15H,7,9,11,13-14H2,1-5H3,(H2,21,22,23). The van der Waals surface area contributed by atoms with E-state index in [0.717, 1.165) is 44.0 Å².